The largest absolute Gasteiger partial charge is 0.479 e. The van der Waals surface area contributed by atoms with Crippen molar-refractivity contribution in [2.24, 2.45) is 0 Å². The molecule has 1 N–H and O–H groups in total. The SMILES string of the molecule is CCC(CC)(C(=O)O)n1nnnc1-c1snnc1C. The molecule has 2 heterocycles. The summed E-state index contributed by atoms with van der Waals surface area (Å²) >= 11 is 1.15. The molecule has 0 saturated heterocycles. The summed E-state index contributed by atoms with van der Waals surface area (Å²) in [6.07, 6.45) is 0.782. The number of aryl methyl sites for hydroxylation is 1. The Hall–Kier alpha value is -1.90. The molecular weight excluding hydrogens is 268 g/mol. The molecule has 2 aromatic heterocycles. The van der Waals surface area contributed by atoms with Crippen LogP contribution in [0.5, 0.6) is 0 Å². The molecular formula is C10H14N6O2S. The highest BCUT2D eigenvalue weighted by atomic mass is 32.1. The fourth-order valence-electron chi connectivity index (χ4n) is 2.00. The van der Waals surface area contributed by atoms with Crippen LogP contribution in [0.2, 0.25) is 0 Å². The Kier molecular flexibility index (Phi) is 3.56. The average molecular weight is 282 g/mol. The van der Waals surface area contributed by atoms with Crippen LogP contribution in [0.15, 0.2) is 0 Å². The van der Waals surface area contributed by atoms with E-state index >= 15 is 0 Å². The number of aromatic nitrogens is 6. The molecule has 8 nitrogen and oxygen atoms in total. The first-order valence-corrected chi connectivity index (χ1v) is 6.65. The molecule has 0 amide bonds. The first kappa shape index (κ1) is 13.5. The van der Waals surface area contributed by atoms with E-state index in [4.69, 9.17) is 0 Å². The third-order valence-electron chi connectivity index (χ3n) is 3.30. The molecule has 0 radical (unpaired) electrons. The van der Waals surface area contributed by atoms with Gasteiger partial charge in [-0.15, -0.1) is 10.2 Å². The van der Waals surface area contributed by atoms with Crippen LogP contribution in [0.1, 0.15) is 32.4 Å². The van der Waals surface area contributed by atoms with E-state index in [0.29, 0.717) is 29.2 Å². The predicted molar refractivity (Wildman–Crippen MR) is 67.6 cm³/mol. The standard InChI is InChI=1S/C10H14N6O2S/c1-4-10(5-2,9(17)18)16-8(12-13-14-16)7-6(3)11-15-19-7/h4-5H2,1-3H3,(H,17,18). The first-order valence-electron chi connectivity index (χ1n) is 5.88. The van der Waals surface area contributed by atoms with Crippen molar-refractivity contribution in [1.29, 1.82) is 0 Å². The summed E-state index contributed by atoms with van der Waals surface area (Å²) in [6.45, 7) is 5.40. The van der Waals surface area contributed by atoms with E-state index in [2.05, 4.69) is 25.1 Å². The van der Waals surface area contributed by atoms with Crippen molar-refractivity contribution in [3.8, 4) is 10.7 Å². The number of aliphatic carboxylic acids is 1. The van der Waals surface area contributed by atoms with Crippen LogP contribution in [0.4, 0.5) is 0 Å². The van der Waals surface area contributed by atoms with Crippen LogP contribution in [0, 0.1) is 6.92 Å². The van der Waals surface area contributed by atoms with Crippen molar-refractivity contribution < 1.29 is 9.90 Å². The summed E-state index contributed by atoms with van der Waals surface area (Å²) in [5, 5.41) is 24.9. The van der Waals surface area contributed by atoms with E-state index in [1.54, 1.807) is 20.8 Å². The predicted octanol–water partition coefficient (Wildman–Crippen LogP) is 1.10. The molecule has 0 aliphatic rings. The fraction of sp³-hybridized carbons (Fsp3) is 0.600. The zero-order chi connectivity index (χ0) is 14.0. The second-order valence-electron chi connectivity index (χ2n) is 4.15. The van der Waals surface area contributed by atoms with Gasteiger partial charge < -0.3 is 5.11 Å². The van der Waals surface area contributed by atoms with Gasteiger partial charge in [0, 0.05) is 0 Å². The second-order valence-corrected chi connectivity index (χ2v) is 4.90. The Morgan fingerprint density at radius 1 is 1.37 bits per heavy atom. The lowest BCUT2D eigenvalue weighted by atomic mass is 9.93. The van der Waals surface area contributed by atoms with Gasteiger partial charge >= 0.3 is 5.97 Å². The molecule has 0 aliphatic carbocycles. The summed E-state index contributed by atoms with van der Waals surface area (Å²) in [6, 6.07) is 0. The number of carboxylic acids is 1. The van der Waals surface area contributed by atoms with Gasteiger partial charge in [0.1, 0.15) is 4.88 Å². The maximum atomic E-state index is 11.6. The smallest absolute Gasteiger partial charge is 0.331 e. The van der Waals surface area contributed by atoms with E-state index in [9.17, 15) is 9.90 Å². The van der Waals surface area contributed by atoms with Gasteiger partial charge in [-0.05, 0) is 41.7 Å². The summed E-state index contributed by atoms with van der Waals surface area (Å²) < 4.78 is 5.21. The van der Waals surface area contributed by atoms with Gasteiger partial charge in [-0.2, -0.15) is 0 Å². The summed E-state index contributed by atoms with van der Waals surface area (Å²) in [5.74, 6) is -0.542. The number of hydrogen-bond acceptors (Lipinski definition) is 7. The van der Waals surface area contributed by atoms with Crippen molar-refractivity contribution >= 4 is 17.5 Å². The fourth-order valence-corrected chi connectivity index (χ4v) is 2.62. The van der Waals surface area contributed by atoms with Crippen molar-refractivity contribution in [3.05, 3.63) is 5.69 Å². The van der Waals surface area contributed by atoms with Gasteiger partial charge in [0.15, 0.2) is 11.4 Å². The molecule has 2 rings (SSSR count). The number of tetrazole rings is 1. The highest BCUT2D eigenvalue weighted by Crippen LogP contribution is 2.31. The minimum atomic E-state index is -1.14. The van der Waals surface area contributed by atoms with E-state index in [1.165, 1.54) is 4.68 Å². The number of carboxylic acid groups (broad SMARTS) is 1. The summed E-state index contributed by atoms with van der Waals surface area (Å²) in [7, 11) is 0. The van der Waals surface area contributed by atoms with Gasteiger partial charge in [-0.1, -0.05) is 18.3 Å². The van der Waals surface area contributed by atoms with Crippen molar-refractivity contribution in [3.63, 3.8) is 0 Å². The molecule has 0 saturated carbocycles. The number of nitrogens with zero attached hydrogens (tertiary/aromatic N) is 6. The zero-order valence-electron chi connectivity index (χ0n) is 10.9. The van der Waals surface area contributed by atoms with Crippen LogP contribution < -0.4 is 0 Å². The third kappa shape index (κ3) is 1.99. The average Bonchev–Trinajstić information content (AvgIpc) is 3.00. The zero-order valence-corrected chi connectivity index (χ0v) is 11.7. The highest BCUT2D eigenvalue weighted by molar-refractivity contribution is 7.09. The summed E-state index contributed by atoms with van der Waals surface area (Å²) in [5.41, 5.74) is -0.456. The molecule has 19 heavy (non-hydrogen) atoms. The van der Waals surface area contributed by atoms with Crippen molar-refractivity contribution in [2.45, 2.75) is 39.2 Å². The van der Waals surface area contributed by atoms with E-state index in [1.807, 2.05) is 0 Å². The molecule has 0 atom stereocenters. The van der Waals surface area contributed by atoms with Crippen molar-refractivity contribution in [1.82, 2.24) is 29.8 Å². The Morgan fingerprint density at radius 3 is 2.53 bits per heavy atom. The van der Waals surface area contributed by atoms with Gasteiger partial charge in [0.25, 0.3) is 0 Å². The molecule has 0 bridgehead atoms. The normalized spacial score (nSPS) is 11.7. The lowest BCUT2D eigenvalue weighted by molar-refractivity contribution is -0.148. The Morgan fingerprint density at radius 2 is 2.05 bits per heavy atom. The monoisotopic (exact) mass is 282 g/mol. The van der Waals surface area contributed by atoms with E-state index < -0.39 is 11.5 Å². The highest BCUT2D eigenvalue weighted by Gasteiger charge is 2.41. The van der Waals surface area contributed by atoms with Gasteiger partial charge in [-0.3, -0.25) is 0 Å². The minimum Gasteiger partial charge on any atom is -0.479 e. The second kappa shape index (κ2) is 5.00. The van der Waals surface area contributed by atoms with E-state index in [0.717, 1.165) is 11.5 Å². The lowest BCUT2D eigenvalue weighted by Gasteiger charge is -2.27. The molecule has 2 aromatic rings. The van der Waals surface area contributed by atoms with Crippen LogP contribution in [-0.4, -0.2) is 40.9 Å². The van der Waals surface area contributed by atoms with Gasteiger partial charge in [0.2, 0.25) is 0 Å². The third-order valence-corrected chi connectivity index (χ3v) is 4.12. The molecule has 0 fully saturated rings. The Balaban J connectivity index is 2.61. The van der Waals surface area contributed by atoms with E-state index in [-0.39, 0.29) is 0 Å². The Labute approximate surface area is 113 Å². The van der Waals surface area contributed by atoms with Crippen molar-refractivity contribution in [2.75, 3.05) is 0 Å². The summed E-state index contributed by atoms with van der Waals surface area (Å²) in [4.78, 5) is 12.3. The molecule has 102 valence electrons. The number of hydrogen-bond donors (Lipinski definition) is 1. The molecule has 0 aliphatic heterocycles. The first-order chi connectivity index (χ1) is 9.06. The topological polar surface area (TPSA) is 107 Å². The maximum Gasteiger partial charge on any atom is 0.331 e. The van der Waals surface area contributed by atoms with Crippen LogP contribution >= 0.6 is 11.5 Å². The van der Waals surface area contributed by atoms with Gasteiger partial charge in [-0.25, -0.2) is 9.48 Å². The lowest BCUT2D eigenvalue weighted by Crippen LogP contribution is -2.42. The maximum absolute atomic E-state index is 11.6. The van der Waals surface area contributed by atoms with Crippen LogP contribution in [-0.2, 0) is 10.3 Å². The van der Waals surface area contributed by atoms with Gasteiger partial charge in [0.05, 0.1) is 5.69 Å². The molecule has 0 aromatic carbocycles. The Bertz CT molecular complexity index is 588. The quantitative estimate of drug-likeness (QED) is 0.874. The molecule has 0 unspecified atom stereocenters. The molecule has 0 spiro atoms. The van der Waals surface area contributed by atoms with Crippen LogP contribution in [0.25, 0.3) is 10.7 Å². The number of rotatable bonds is 5. The number of carbonyl (C=O) groups is 1. The van der Waals surface area contributed by atoms with Crippen LogP contribution in [0.3, 0.4) is 0 Å². The molecule has 9 heteroatoms. The minimum absolute atomic E-state index is 0.391.